The summed E-state index contributed by atoms with van der Waals surface area (Å²) in [5.74, 6) is 1.57. The molecule has 1 rings (SSSR count). The van der Waals surface area contributed by atoms with Crippen molar-refractivity contribution in [1.29, 1.82) is 0 Å². The Hall–Kier alpha value is -1.52. The second kappa shape index (κ2) is 11.5. The summed E-state index contributed by atoms with van der Waals surface area (Å²) in [6.45, 7) is 14.5. The minimum absolute atomic E-state index is 0. The van der Waals surface area contributed by atoms with Crippen LogP contribution in [0, 0.1) is 13.8 Å². The van der Waals surface area contributed by atoms with Gasteiger partial charge in [-0.1, -0.05) is 5.16 Å². The van der Waals surface area contributed by atoms with Gasteiger partial charge < -0.3 is 25.2 Å². The average molecular weight is 509 g/mol. The number of aliphatic imine (C=N–C) groups is 1. The molecule has 0 spiro atoms. The molecule has 0 aliphatic heterocycles. The zero-order chi connectivity index (χ0) is 20.7. The Morgan fingerprint density at radius 1 is 1.18 bits per heavy atom. The maximum absolute atomic E-state index is 11.9. The van der Waals surface area contributed by atoms with Crippen molar-refractivity contribution in [2.24, 2.45) is 4.99 Å². The highest BCUT2D eigenvalue weighted by Crippen LogP contribution is 2.13. The van der Waals surface area contributed by atoms with Crippen LogP contribution in [0.15, 0.2) is 9.52 Å². The van der Waals surface area contributed by atoms with E-state index in [1.54, 1.807) is 7.05 Å². The fraction of sp³-hybridized carbons (Fsp3) is 0.737. The van der Waals surface area contributed by atoms with Gasteiger partial charge in [-0.15, -0.1) is 24.0 Å². The van der Waals surface area contributed by atoms with Crippen LogP contribution < -0.4 is 16.0 Å². The van der Waals surface area contributed by atoms with Crippen molar-refractivity contribution in [2.75, 3.05) is 20.1 Å². The largest absolute Gasteiger partial charge is 0.444 e. The van der Waals surface area contributed by atoms with E-state index in [4.69, 9.17) is 9.26 Å². The smallest absolute Gasteiger partial charge is 0.408 e. The van der Waals surface area contributed by atoms with Crippen LogP contribution in [0.3, 0.4) is 0 Å². The molecule has 0 aromatic carbocycles. The number of rotatable bonds is 7. The molecule has 9 heteroatoms. The standard InChI is InChI=1S/C19H35N5O3.HI/c1-13-15(14(2)27-24-13)10-9-11-21-16(20-8)22-12-19(6,7)23-17(25)26-18(3,4)5;/h9-12H2,1-8H3,(H,23,25)(H2,20,21,22);1H. The highest BCUT2D eigenvalue weighted by molar-refractivity contribution is 14.0. The average Bonchev–Trinajstić information content (AvgIpc) is 2.83. The first-order valence-electron chi connectivity index (χ1n) is 9.31. The Bertz CT molecular complexity index is 631. The lowest BCUT2D eigenvalue weighted by atomic mass is 10.1. The molecule has 162 valence electrons. The molecule has 0 fully saturated rings. The quantitative estimate of drug-likeness (QED) is 0.226. The summed E-state index contributed by atoms with van der Waals surface area (Å²) >= 11 is 0. The summed E-state index contributed by atoms with van der Waals surface area (Å²) in [6.07, 6.45) is 1.40. The Morgan fingerprint density at radius 2 is 1.82 bits per heavy atom. The van der Waals surface area contributed by atoms with Crippen molar-refractivity contribution < 1.29 is 14.1 Å². The fourth-order valence-corrected chi connectivity index (χ4v) is 2.48. The first-order chi connectivity index (χ1) is 12.4. The molecule has 1 aromatic heterocycles. The van der Waals surface area contributed by atoms with Crippen molar-refractivity contribution in [1.82, 2.24) is 21.1 Å². The van der Waals surface area contributed by atoms with Crippen molar-refractivity contribution in [3.05, 3.63) is 17.0 Å². The van der Waals surface area contributed by atoms with E-state index in [1.807, 2.05) is 48.5 Å². The summed E-state index contributed by atoms with van der Waals surface area (Å²) in [5.41, 5.74) is 1.11. The van der Waals surface area contributed by atoms with Crippen LogP contribution in [0.4, 0.5) is 4.79 Å². The number of hydrogen-bond donors (Lipinski definition) is 3. The molecular weight excluding hydrogens is 473 g/mol. The third-order valence-electron chi connectivity index (χ3n) is 3.84. The van der Waals surface area contributed by atoms with Gasteiger partial charge in [0.2, 0.25) is 0 Å². The van der Waals surface area contributed by atoms with Crippen LogP contribution in [0.25, 0.3) is 0 Å². The summed E-state index contributed by atoms with van der Waals surface area (Å²) in [6, 6.07) is 0. The second-order valence-electron chi connectivity index (χ2n) is 8.27. The number of aromatic nitrogens is 1. The molecule has 0 aliphatic rings. The maximum atomic E-state index is 11.9. The Kier molecular flexibility index (Phi) is 10.9. The lowest BCUT2D eigenvalue weighted by Crippen LogP contribution is -2.54. The van der Waals surface area contributed by atoms with E-state index in [-0.39, 0.29) is 24.0 Å². The van der Waals surface area contributed by atoms with E-state index in [2.05, 4.69) is 26.1 Å². The normalized spacial score (nSPS) is 12.2. The molecule has 0 atom stereocenters. The number of nitrogens with zero attached hydrogens (tertiary/aromatic N) is 2. The predicted octanol–water partition coefficient (Wildman–Crippen LogP) is 3.31. The van der Waals surface area contributed by atoms with Gasteiger partial charge in [0, 0.05) is 25.7 Å². The van der Waals surface area contributed by atoms with Gasteiger partial charge in [-0.05, 0) is 61.3 Å². The van der Waals surface area contributed by atoms with Crippen molar-refractivity contribution in [2.45, 2.75) is 72.4 Å². The zero-order valence-electron chi connectivity index (χ0n) is 18.4. The number of alkyl carbamates (subject to hydrolysis) is 1. The van der Waals surface area contributed by atoms with Gasteiger partial charge in [0.25, 0.3) is 0 Å². The molecule has 1 heterocycles. The van der Waals surface area contributed by atoms with Gasteiger partial charge in [0.1, 0.15) is 11.4 Å². The highest BCUT2D eigenvalue weighted by atomic mass is 127. The molecule has 28 heavy (non-hydrogen) atoms. The Labute approximate surface area is 185 Å². The minimum atomic E-state index is -0.521. The van der Waals surface area contributed by atoms with Crippen LogP contribution in [0.2, 0.25) is 0 Å². The lowest BCUT2D eigenvalue weighted by Gasteiger charge is -2.29. The van der Waals surface area contributed by atoms with Gasteiger partial charge in [-0.25, -0.2) is 4.79 Å². The third-order valence-corrected chi connectivity index (χ3v) is 3.84. The number of ether oxygens (including phenoxy) is 1. The molecule has 1 aromatic rings. The number of amides is 1. The van der Waals surface area contributed by atoms with E-state index < -0.39 is 17.2 Å². The van der Waals surface area contributed by atoms with Crippen LogP contribution in [-0.4, -0.2) is 48.5 Å². The van der Waals surface area contributed by atoms with Gasteiger partial charge >= 0.3 is 6.09 Å². The van der Waals surface area contributed by atoms with Gasteiger partial charge in [-0.3, -0.25) is 4.99 Å². The van der Waals surface area contributed by atoms with Crippen molar-refractivity contribution >= 4 is 36.0 Å². The molecular formula is C19H36IN5O3. The molecule has 1 amide bonds. The van der Waals surface area contributed by atoms with E-state index in [1.165, 1.54) is 5.56 Å². The molecule has 0 radical (unpaired) electrons. The predicted molar refractivity (Wildman–Crippen MR) is 123 cm³/mol. The monoisotopic (exact) mass is 509 g/mol. The number of guanidine groups is 1. The molecule has 0 bridgehead atoms. The van der Waals surface area contributed by atoms with E-state index >= 15 is 0 Å². The van der Waals surface area contributed by atoms with E-state index in [9.17, 15) is 4.79 Å². The number of carbonyl (C=O) groups excluding carboxylic acids is 1. The van der Waals surface area contributed by atoms with Crippen LogP contribution >= 0.6 is 24.0 Å². The highest BCUT2D eigenvalue weighted by Gasteiger charge is 2.24. The number of aryl methyl sites for hydroxylation is 2. The number of hydrogen-bond acceptors (Lipinski definition) is 5. The SMILES string of the molecule is CN=C(NCCCc1c(C)noc1C)NCC(C)(C)NC(=O)OC(C)(C)C.I. The van der Waals surface area contributed by atoms with E-state index in [0.29, 0.717) is 12.5 Å². The summed E-state index contributed by atoms with van der Waals surface area (Å²) in [7, 11) is 1.72. The molecule has 8 nitrogen and oxygen atoms in total. The topological polar surface area (TPSA) is 101 Å². The van der Waals surface area contributed by atoms with Gasteiger partial charge in [0.15, 0.2) is 5.96 Å². The number of halogens is 1. The molecule has 0 saturated heterocycles. The fourth-order valence-electron chi connectivity index (χ4n) is 2.48. The zero-order valence-corrected chi connectivity index (χ0v) is 20.7. The third kappa shape index (κ3) is 10.1. The van der Waals surface area contributed by atoms with Crippen LogP contribution in [0.5, 0.6) is 0 Å². The Morgan fingerprint density at radius 3 is 2.32 bits per heavy atom. The molecule has 0 unspecified atom stereocenters. The summed E-state index contributed by atoms with van der Waals surface area (Å²) in [4.78, 5) is 16.2. The van der Waals surface area contributed by atoms with Crippen molar-refractivity contribution in [3.8, 4) is 0 Å². The van der Waals surface area contributed by atoms with Crippen LogP contribution in [0.1, 0.15) is 58.1 Å². The second-order valence-corrected chi connectivity index (χ2v) is 8.27. The minimum Gasteiger partial charge on any atom is -0.444 e. The number of carbonyl (C=O) groups is 1. The van der Waals surface area contributed by atoms with Crippen LogP contribution in [-0.2, 0) is 11.2 Å². The van der Waals surface area contributed by atoms with Crippen molar-refractivity contribution in [3.63, 3.8) is 0 Å². The first kappa shape index (κ1) is 26.5. The maximum Gasteiger partial charge on any atom is 0.408 e. The Balaban J connectivity index is 0.00000729. The summed E-state index contributed by atoms with van der Waals surface area (Å²) in [5, 5.41) is 13.3. The van der Waals surface area contributed by atoms with Gasteiger partial charge in [-0.2, -0.15) is 0 Å². The molecule has 0 saturated carbocycles. The van der Waals surface area contributed by atoms with E-state index in [0.717, 1.165) is 30.8 Å². The molecule has 0 aliphatic carbocycles. The summed E-state index contributed by atoms with van der Waals surface area (Å²) < 4.78 is 10.5. The number of nitrogens with one attached hydrogen (secondary N) is 3. The molecule has 3 N–H and O–H groups in total. The first-order valence-corrected chi connectivity index (χ1v) is 9.31. The van der Waals surface area contributed by atoms with Gasteiger partial charge in [0.05, 0.1) is 11.2 Å². The lowest BCUT2D eigenvalue weighted by molar-refractivity contribution is 0.0474.